The van der Waals surface area contributed by atoms with Gasteiger partial charge < -0.3 is 20.5 Å². The van der Waals surface area contributed by atoms with Crippen molar-refractivity contribution in [3.05, 3.63) is 59.2 Å². The van der Waals surface area contributed by atoms with Crippen LogP contribution in [0.3, 0.4) is 0 Å². The fraction of sp³-hybridized carbons (Fsp3) is 0.333. The molecule has 0 aliphatic heterocycles. The van der Waals surface area contributed by atoms with Gasteiger partial charge >= 0.3 is 0 Å². The molecule has 2 amide bonds. The summed E-state index contributed by atoms with van der Waals surface area (Å²) < 4.78 is 5.78. The van der Waals surface area contributed by atoms with Crippen LogP contribution < -0.4 is 15.4 Å². The fourth-order valence-electron chi connectivity index (χ4n) is 2.65. The summed E-state index contributed by atoms with van der Waals surface area (Å²) in [6.07, 6.45) is 0.987. The molecule has 0 spiro atoms. The van der Waals surface area contributed by atoms with Gasteiger partial charge in [0, 0.05) is 25.1 Å². The number of benzene rings is 2. The highest BCUT2D eigenvalue weighted by Crippen LogP contribution is 2.22. The minimum atomic E-state index is -0.290. The van der Waals surface area contributed by atoms with Gasteiger partial charge in [-0.15, -0.1) is 0 Å². The standard InChI is InChI=1S/C21H26N2O4/c1-15-6-3-7-16(2)20(15)27-13-5-10-19(25)22-11-12-23-21(26)17-8-4-9-18(24)14-17/h3-4,6-9,14,24H,5,10-13H2,1-2H3,(H,22,25)(H,23,26). The summed E-state index contributed by atoms with van der Waals surface area (Å²) in [4.78, 5) is 23.7. The first-order chi connectivity index (χ1) is 13.0. The van der Waals surface area contributed by atoms with Crippen molar-refractivity contribution in [3.8, 4) is 11.5 Å². The molecule has 2 aromatic carbocycles. The summed E-state index contributed by atoms with van der Waals surface area (Å²) >= 11 is 0. The molecular weight excluding hydrogens is 344 g/mol. The van der Waals surface area contributed by atoms with Crippen molar-refractivity contribution < 1.29 is 19.4 Å². The van der Waals surface area contributed by atoms with Gasteiger partial charge in [-0.2, -0.15) is 0 Å². The summed E-state index contributed by atoms with van der Waals surface area (Å²) in [6, 6.07) is 12.1. The van der Waals surface area contributed by atoms with E-state index in [9.17, 15) is 14.7 Å². The lowest BCUT2D eigenvalue weighted by Gasteiger charge is -2.12. The maximum absolute atomic E-state index is 11.9. The molecule has 0 aromatic heterocycles. The Kier molecular flexibility index (Phi) is 7.67. The highest BCUT2D eigenvalue weighted by molar-refractivity contribution is 5.94. The van der Waals surface area contributed by atoms with Crippen LogP contribution in [-0.2, 0) is 4.79 Å². The van der Waals surface area contributed by atoms with Crippen molar-refractivity contribution >= 4 is 11.8 Å². The maximum atomic E-state index is 11.9. The van der Waals surface area contributed by atoms with Gasteiger partial charge in [0.25, 0.3) is 5.91 Å². The molecule has 0 saturated heterocycles. The van der Waals surface area contributed by atoms with E-state index in [0.717, 1.165) is 16.9 Å². The first-order valence-electron chi connectivity index (χ1n) is 9.00. The summed E-state index contributed by atoms with van der Waals surface area (Å²) in [5.41, 5.74) is 2.55. The van der Waals surface area contributed by atoms with Crippen LogP contribution in [-0.4, -0.2) is 36.6 Å². The molecule has 27 heavy (non-hydrogen) atoms. The molecule has 0 fully saturated rings. The van der Waals surface area contributed by atoms with Crippen LogP contribution in [0.2, 0.25) is 0 Å². The number of phenolic OH excluding ortho intramolecular Hbond substituents is 1. The molecule has 6 heteroatoms. The molecule has 0 unspecified atom stereocenters. The van der Waals surface area contributed by atoms with E-state index in [0.29, 0.717) is 38.1 Å². The van der Waals surface area contributed by atoms with Crippen molar-refractivity contribution in [3.63, 3.8) is 0 Å². The smallest absolute Gasteiger partial charge is 0.251 e. The second kappa shape index (κ2) is 10.2. The van der Waals surface area contributed by atoms with Crippen molar-refractivity contribution in [2.75, 3.05) is 19.7 Å². The number of hydrogen-bond donors (Lipinski definition) is 3. The number of carbonyl (C=O) groups is 2. The van der Waals surface area contributed by atoms with E-state index in [1.165, 1.54) is 12.1 Å². The Balaban J connectivity index is 1.59. The zero-order valence-corrected chi connectivity index (χ0v) is 15.7. The fourth-order valence-corrected chi connectivity index (χ4v) is 2.65. The molecule has 3 N–H and O–H groups in total. The van der Waals surface area contributed by atoms with E-state index < -0.39 is 0 Å². The zero-order valence-electron chi connectivity index (χ0n) is 15.7. The number of aromatic hydroxyl groups is 1. The number of rotatable bonds is 9. The van der Waals surface area contributed by atoms with Crippen molar-refractivity contribution in [2.45, 2.75) is 26.7 Å². The van der Waals surface area contributed by atoms with Crippen LogP contribution in [0.25, 0.3) is 0 Å². The third-order valence-electron chi connectivity index (χ3n) is 4.04. The lowest BCUT2D eigenvalue weighted by Crippen LogP contribution is -2.34. The molecule has 2 aromatic rings. The van der Waals surface area contributed by atoms with Crippen molar-refractivity contribution in [2.24, 2.45) is 0 Å². The van der Waals surface area contributed by atoms with Gasteiger partial charge in [-0.3, -0.25) is 9.59 Å². The summed E-state index contributed by atoms with van der Waals surface area (Å²) in [7, 11) is 0. The molecule has 6 nitrogen and oxygen atoms in total. The van der Waals surface area contributed by atoms with Crippen LogP contribution in [0.4, 0.5) is 0 Å². The SMILES string of the molecule is Cc1cccc(C)c1OCCCC(=O)NCCNC(=O)c1cccc(O)c1. The topological polar surface area (TPSA) is 87.7 Å². The molecule has 0 saturated carbocycles. The van der Waals surface area contributed by atoms with Gasteiger partial charge in [0.05, 0.1) is 6.61 Å². The van der Waals surface area contributed by atoms with Crippen LogP contribution in [0, 0.1) is 13.8 Å². The highest BCUT2D eigenvalue weighted by Gasteiger charge is 2.07. The number of phenols is 1. The Morgan fingerprint density at radius 2 is 1.67 bits per heavy atom. The van der Waals surface area contributed by atoms with Crippen molar-refractivity contribution in [1.29, 1.82) is 0 Å². The third-order valence-corrected chi connectivity index (χ3v) is 4.04. The number of hydrogen-bond acceptors (Lipinski definition) is 4. The molecule has 0 heterocycles. The molecule has 0 aliphatic carbocycles. The minimum Gasteiger partial charge on any atom is -0.508 e. The number of para-hydroxylation sites is 1. The normalized spacial score (nSPS) is 10.3. The summed E-state index contributed by atoms with van der Waals surface area (Å²) in [5, 5.41) is 14.8. The second-order valence-corrected chi connectivity index (χ2v) is 6.33. The van der Waals surface area contributed by atoms with E-state index in [4.69, 9.17) is 4.74 Å². The molecule has 0 aliphatic rings. The number of aryl methyl sites for hydroxylation is 2. The Hall–Kier alpha value is -3.02. The number of amides is 2. The Labute approximate surface area is 159 Å². The largest absolute Gasteiger partial charge is 0.508 e. The maximum Gasteiger partial charge on any atom is 0.251 e. The summed E-state index contributed by atoms with van der Waals surface area (Å²) in [6.45, 7) is 5.15. The summed E-state index contributed by atoms with van der Waals surface area (Å²) in [5.74, 6) is 0.556. The lowest BCUT2D eigenvalue weighted by molar-refractivity contribution is -0.121. The molecule has 0 atom stereocenters. The number of nitrogens with one attached hydrogen (secondary N) is 2. The number of carbonyl (C=O) groups excluding carboxylic acids is 2. The molecule has 2 rings (SSSR count). The molecule has 0 bridgehead atoms. The van der Waals surface area contributed by atoms with E-state index >= 15 is 0 Å². The second-order valence-electron chi connectivity index (χ2n) is 6.33. The van der Waals surface area contributed by atoms with E-state index in [-0.39, 0.29) is 17.6 Å². The minimum absolute atomic E-state index is 0.0408. The monoisotopic (exact) mass is 370 g/mol. The quantitative estimate of drug-likeness (QED) is 0.592. The molecule has 144 valence electrons. The van der Waals surface area contributed by atoms with Crippen LogP contribution in [0.5, 0.6) is 11.5 Å². The van der Waals surface area contributed by atoms with Crippen LogP contribution in [0.1, 0.15) is 34.3 Å². The van der Waals surface area contributed by atoms with Gasteiger partial charge in [-0.1, -0.05) is 24.3 Å². The first kappa shape index (κ1) is 20.3. The first-order valence-corrected chi connectivity index (χ1v) is 9.00. The zero-order chi connectivity index (χ0) is 19.6. The lowest BCUT2D eigenvalue weighted by atomic mass is 10.1. The van der Waals surface area contributed by atoms with E-state index in [2.05, 4.69) is 10.6 Å². The average molecular weight is 370 g/mol. The molecule has 0 radical (unpaired) electrons. The van der Waals surface area contributed by atoms with E-state index in [1.54, 1.807) is 12.1 Å². The van der Waals surface area contributed by atoms with Gasteiger partial charge in [-0.25, -0.2) is 0 Å². The van der Waals surface area contributed by atoms with E-state index in [1.807, 2.05) is 32.0 Å². The van der Waals surface area contributed by atoms with Crippen LogP contribution in [0.15, 0.2) is 42.5 Å². The van der Waals surface area contributed by atoms with Gasteiger partial charge in [0.2, 0.25) is 5.91 Å². The number of ether oxygens (including phenoxy) is 1. The Bertz CT molecular complexity index is 769. The van der Waals surface area contributed by atoms with Crippen LogP contribution >= 0.6 is 0 Å². The highest BCUT2D eigenvalue weighted by atomic mass is 16.5. The Morgan fingerprint density at radius 3 is 2.37 bits per heavy atom. The van der Waals surface area contributed by atoms with Crippen molar-refractivity contribution in [1.82, 2.24) is 10.6 Å². The average Bonchev–Trinajstić information content (AvgIpc) is 2.64. The predicted molar refractivity (Wildman–Crippen MR) is 104 cm³/mol. The predicted octanol–water partition coefficient (Wildman–Crippen LogP) is 2.71. The molecular formula is C21H26N2O4. The van der Waals surface area contributed by atoms with Gasteiger partial charge in [0.15, 0.2) is 0 Å². The van der Waals surface area contributed by atoms with Gasteiger partial charge in [0.1, 0.15) is 11.5 Å². The third kappa shape index (κ3) is 6.66. The van der Waals surface area contributed by atoms with Gasteiger partial charge in [-0.05, 0) is 49.6 Å². The Morgan fingerprint density at radius 1 is 1.00 bits per heavy atom.